The van der Waals surface area contributed by atoms with Gasteiger partial charge in [-0.3, -0.25) is 0 Å². The van der Waals surface area contributed by atoms with Crippen molar-refractivity contribution in [3.63, 3.8) is 0 Å². The summed E-state index contributed by atoms with van der Waals surface area (Å²) in [6.45, 7) is 1.42. The maximum Gasteiger partial charge on any atom is 0.416 e. The van der Waals surface area contributed by atoms with Gasteiger partial charge in [0.2, 0.25) is 0 Å². The summed E-state index contributed by atoms with van der Waals surface area (Å²) in [6, 6.07) is 2.44. The Morgan fingerprint density at radius 2 is 1.67 bits per heavy atom. The molecule has 1 aromatic carbocycles. The van der Waals surface area contributed by atoms with E-state index in [0.29, 0.717) is 6.07 Å². The van der Waals surface area contributed by atoms with Gasteiger partial charge in [-0.1, -0.05) is 0 Å². The van der Waals surface area contributed by atoms with Gasteiger partial charge in [-0.25, -0.2) is 4.39 Å². The lowest BCUT2D eigenvalue weighted by Crippen LogP contribution is -2.05. The van der Waals surface area contributed by atoms with Gasteiger partial charge in [0.1, 0.15) is 5.82 Å². The van der Waals surface area contributed by atoms with Crippen LogP contribution in [0.4, 0.5) is 17.6 Å². The molecule has 12 heavy (non-hydrogen) atoms. The minimum Gasteiger partial charge on any atom is -0.207 e. The van der Waals surface area contributed by atoms with Crippen molar-refractivity contribution in [2.75, 3.05) is 0 Å². The molecule has 0 bridgehead atoms. The molecule has 0 heterocycles. The Morgan fingerprint density at radius 1 is 1.08 bits per heavy atom. The molecule has 0 amide bonds. The summed E-state index contributed by atoms with van der Waals surface area (Å²) >= 11 is 0. The average Bonchev–Trinajstić information content (AvgIpc) is 1.82. The van der Waals surface area contributed by atoms with E-state index in [4.69, 9.17) is 0 Å². The molecule has 1 aromatic rings. The van der Waals surface area contributed by atoms with E-state index < -0.39 is 17.6 Å². The lowest BCUT2D eigenvalue weighted by atomic mass is 10.1. The third-order valence-corrected chi connectivity index (χ3v) is 1.37. The molecule has 4 heteroatoms. The van der Waals surface area contributed by atoms with Gasteiger partial charge < -0.3 is 0 Å². The third kappa shape index (κ3) is 1.96. The molecule has 0 saturated heterocycles. The van der Waals surface area contributed by atoms with Gasteiger partial charge in [0.25, 0.3) is 0 Å². The summed E-state index contributed by atoms with van der Waals surface area (Å²) in [5.74, 6) is -0.859. The van der Waals surface area contributed by atoms with Gasteiger partial charge in [0.15, 0.2) is 0 Å². The van der Waals surface area contributed by atoms with Crippen LogP contribution in [0.15, 0.2) is 18.2 Å². The second-order valence-corrected chi connectivity index (χ2v) is 2.52. The van der Waals surface area contributed by atoms with Crippen molar-refractivity contribution in [1.29, 1.82) is 0 Å². The summed E-state index contributed by atoms with van der Waals surface area (Å²) < 4.78 is 48.4. The van der Waals surface area contributed by atoms with Gasteiger partial charge in [0.05, 0.1) is 5.56 Å². The summed E-state index contributed by atoms with van der Waals surface area (Å²) in [6.07, 6.45) is -4.47. The molecule has 66 valence electrons. The van der Waals surface area contributed by atoms with Crippen molar-refractivity contribution in [2.24, 2.45) is 0 Å². The molecule has 0 aliphatic carbocycles. The highest BCUT2D eigenvalue weighted by atomic mass is 19.4. The zero-order chi connectivity index (χ0) is 9.35. The first-order chi connectivity index (χ1) is 5.39. The van der Waals surface area contributed by atoms with E-state index in [1.165, 1.54) is 6.92 Å². The van der Waals surface area contributed by atoms with E-state index in [9.17, 15) is 17.6 Å². The van der Waals surface area contributed by atoms with Crippen molar-refractivity contribution in [1.82, 2.24) is 0 Å². The monoisotopic (exact) mass is 178 g/mol. The van der Waals surface area contributed by atoms with Crippen molar-refractivity contribution < 1.29 is 17.6 Å². The van der Waals surface area contributed by atoms with Gasteiger partial charge in [-0.2, -0.15) is 13.2 Å². The first kappa shape index (κ1) is 9.03. The minimum atomic E-state index is -4.47. The molecular formula is C8H6F4. The van der Waals surface area contributed by atoms with Crippen LogP contribution in [-0.4, -0.2) is 0 Å². The normalized spacial score (nSPS) is 11.8. The first-order valence-corrected chi connectivity index (χ1v) is 3.24. The largest absolute Gasteiger partial charge is 0.416 e. The molecule has 1 rings (SSSR count). The maximum atomic E-state index is 12.5. The summed E-state index contributed by atoms with van der Waals surface area (Å²) in [7, 11) is 0. The van der Waals surface area contributed by atoms with Crippen molar-refractivity contribution in [3.05, 3.63) is 35.1 Å². The molecule has 0 unspecified atom stereocenters. The second kappa shape index (κ2) is 2.77. The van der Waals surface area contributed by atoms with Crippen molar-refractivity contribution in [2.45, 2.75) is 13.1 Å². The number of aryl methyl sites for hydroxylation is 1. The fraction of sp³-hybridized carbons (Fsp3) is 0.250. The third-order valence-electron chi connectivity index (χ3n) is 1.37. The lowest BCUT2D eigenvalue weighted by Gasteiger charge is -2.06. The standard InChI is InChI=1S/C8H6F4/c1-5-2-6(8(10,11)12)4-7(9)3-5/h2-4H,1H3. The molecule has 0 aliphatic heterocycles. The number of hydrogen-bond donors (Lipinski definition) is 0. The fourth-order valence-electron chi connectivity index (χ4n) is 0.900. The van der Waals surface area contributed by atoms with Gasteiger partial charge in [0, 0.05) is 0 Å². The van der Waals surface area contributed by atoms with Crippen LogP contribution in [0.2, 0.25) is 0 Å². The van der Waals surface area contributed by atoms with Gasteiger partial charge in [-0.05, 0) is 30.7 Å². The van der Waals surface area contributed by atoms with E-state index in [-0.39, 0.29) is 5.56 Å². The van der Waals surface area contributed by atoms with Gasteiger partial charge in [-0.15, -0.1) is 0 Å². The Kier molecular flexibility index (Phi) is 2.08. The average molecular weight is 178 g/mol. The van der Waals surface area contributed by atoms with E-state index in [2.05, 4.69) is 0 Å². The Balaban J connectivity index is 3.18. The zero-order valence-corrected chi connectivity index (χ0v) is 6.24. The topological polar surface area (TPSA) is 0 Å². The van der Waals surface area contributed by atoms with Crippen LogP contribution >= 0.6 is 0 Å². The van der Waals surface area contributed by atoms with Crippen LogP contribution in [0.3, 0.4) is 0 Å². The molecule has 0 aromatic heterocycles. The molecule has 0 radical (unpaired) electrons. The van der Waals surface area contributed by atoms with Crippen LogP contribution in [0.25, 0.3) is 0 Å². The highest BCUT2D eigenvalue weighted by Crippen LogP contribution is 2.30. The summed E-state index contributed by atoms with van der Waals surface area (Å²) in [5, 5.41) is 0. The quantitative estimate of drug-likeness (QED) is 0.535. The SMILES string of the molecule is Cc1cc(F)cc(C(F)(F)F)c1. The summed E-state index contributed by atoms with van der Waals surface area (Å²) in [4.78, 5) is 0. The predicted octanol–water partition coefficient (Wildman–Crippen LogP) is 3.15. The Bertz CT molecular complexity index is 267. The second-order valence-electron chi connectivity index (χ2n) is 2.52. The van der Waals surface area contributed by atoms with E-state index >= 15 is 0 Å². The molecule has 0 fully saturated rings. The van der Waals surface area contributed by atoms with Crippen LogP contribution in [0, 0.1) is 12.7 Å². The highest BCUT2D eigenvalue weighted by Gasteiger charge is 2.30. The van der Waals surface area contributed by atoms with E-state index in [1.807, 2.05) is 0 Å². The molecule has 0 nitrogen and oxygen atoms in total. The van der Waals surface area contributed by atoms with Gasteiger partial charge >= 0.3 is 6.18 Å². The number of halogens is 4. The molecule has 0 N–H and O–H groups in total. The molecule has 0 spiro atoms. The number of rotatable bonds is 0. The van der Waals surface area contributed by atoms with E-state index in [1.54, 1.807) is 0 Å². The van der Waals surface area contributed by atoms with E-state index in [0.717, 1.165) is 12.1 Å². The Labute approximate surface area is 66.8 Å². The smallest absolute Gasteiger partial charge is 0.207 e. The van der Waals surface area contributed by atoms with Crippen LogP contribution < -0.4 is 0 Å². The van der Waals surface area contributed by atoms with Crippen molar-refractivity contribution in [3.8, 4) is 0 Å². The number of alkyl halides is 3. The predicted molar refractivity (Wildman–Crippen MR) is 36.1 cm³/mol. The molecule has 0 saturated carbocycles. The van der Waals surface area contributed by atoms with Crippen molar-refractivity contribution >= 4 is 0 Å². The Hall–Kier alpha value is -1.06. The molecular weight excluding hydrogens is 172 g/mol. The van der Waals surface area contributed by atoms with Crippen LogP contribution in [0.5, 0.6) is 0 Å². The lowest BCUT2D eigenvalue weighted by molar-refractivity contribution is -0.137. The maximum absolute atomic E-state index is 12.5. The molecule has 0 aliphatic rings. The minimum absolute atomic E-state index is 0.266. The fourth-order valence-corrected chi connectivity index (χ4v) is 0.900. The highest BCUT2D eigenvalue weighted by molar-refractivity contribution is 5.25. The zero-order valence-electron chi connectivity index (χ0n) is 6.24. The van der Waals surface area contributed by atoms with Crippen LogP contribution in [0.1, 0.15) is 11.1 Å². The first-order valence-electron chi connectivity index (χ1n) is 3.24. The number of benzene rings is 1. The summed E-state index contributed by atoms with van der Waals surface area (Å²) in [5.41, 5.74) is -0.678. The van der Waals surface area contributed by atoms with Crippen LogP contribution in [-0.2, 0) is 6.18 Å². The Morgan fingerprint density at radius 3 is 2.08 bits per heavy atom. The number of hydrogen-bond acceptors (Lipinski definition) is 0. The molecule has 0 atom stereocenters.